The maximum absolute atomic E-state index is 5.70. The molecule has 15 heavy (non-hydrogen) atoms. The highest BCUT2D eigenvalue weighted by atomic mass is 14.5. The zero-order chi connectivity index (χ0) is 10.3. The molecule has 0 aliphatic heterocycles. The Morgan fingerprint density at radius 1 is 1.07 bits per heavy atom. The minimum atomic E-state index is 0.881. The van der Waals surface area contributed by atoms with Crippen molar-refractivity contribution < 1.29 is 0 Å². The quantitative estimate of drug-likeness (QED) is 0.730. The second kappa shape index (κ2) is 3.55. The van der Waals surface area contributed by atoms with Crippen LogP contribution in [0, 0.1) is 17.8 Å². The van der Waals surface area contributed by atoms with Crippen LogP contribution in [0.5, 0.6) is 0 Å². The van der Waals surface area contributed by atoms with Crippen LogP contribution in [-0.2, 0) is 6.42 Å². The average molecular weight is 201 g/mol. The second-order valence-electron chi connectivity index (χ2n) is 5.38. The SMILES string of the molecule is Nc1ccc(C[C@@H]2CC3CCC2C3)cc1. The van der Waals surface area contributed by atoms with Gasteiger partial charge in [0.05, 0.1) is 0 Å². The van der Waals surface area contributed by atoms with Crippen molar-refractivity contribution in [2.75, 3.05) is 5.73 Å². The third-order valence-corrected chi connectivity index (χ3v) is 4.36. The molecule has 0 spiro atoms. The Hall–Kier alpha value is -0.980. The lowest BCUT2D eigenvalue weighted by molar-refractivity contribution is 0.331. The van der Waals surface area contributed by atoms with E-state index in [-0.39, 0.29) is 0 Å². The van der Waals surface area contributed by atoms with Gasteiger partial charge in [0.25, 0.3) is 0 Å². The summed E-state index contributed by atoms with van der Waals surface area (Å²) in [6, 6.07) is 8.45. The van der Waals surface area contributed by atoms with Crippen LogP contribution in [0.25, 0.3) is 0 Å². The van der Waals surface area contributed by atoms with Gasteiger partial charge in [0.15, 0.2) is 0 Å². The summed E-state index contributed by atoms with van der Waals surface area (Å²) in [6.07, 6.45) is 7.27. The molecule has 2 fully saturated rings. The molecule has 80 valence electrons. The minimum Gasteiger partial charge on any atom is -0.399 e. The highest BCUT2D eigenvalue weighted by molar-refractivity contribution is 5.39. The van der Waals surface area contributed by atoms with Crippen molar-refractivity contribution in [1.82, 2.24) is 0 Å². The standard InChI is InChI=1S/C14H19N/c15-14-5-2-10(3-6-14)7-13-9-11-1-4-12(13)8-11/h2-3,5-6,11-13H,1,4,7-9,15H2/t11?,12?,13-/m1/s1. The van der Waals surface area contributed by atoms with Crippen LogP contribution in [0.4, 0.5) is 5.69 Å². The van der Waals surface area contributed by atoms with E-state index in [1.807, 2.05) is 12.1 Å². The van der Waals surface area contributed by atoms with E-state index in [0.717, 1.165) is 23.4 Å². The smallest absolute Gasteiger partial charge is 0.0314 e. The number of benzene rings is 1. The molecule has 2 bridgehead atoms. The molecule has 2 unspecified atom stereocenters. The molecular weight excluding hydrogens is 182 g/mol. The Morgan fingerprint density at radius 3 is 2.47 bits per heavy atom. The van der Waals surface area contributed by atoms with Gasteiger partial charge < -0.3 is 5.73 Å². The highest BCUT2D eigenvalue weighted by Gasteiger charge is 2.38. The van der Waals surface area contributed by atoms with Crippen LogP contribution in [0.1, 0.15) is 31.2 Å². The molecule has 3 atom stereocenters. The van der Waals surface area contributed by atoms with Gasteiger partial charge >= 0.3 is 0 Å². The Morgan fingerprint density at radius 2 is 1.87 bits per heavy atom. The molecule has 1 aromatic rings. The van der Waals surface area contributed by atoms with Gasteiger partial charge in [-0.3, -0.25) is 0 Å². The maximum atomic E-state index is 5.70. The molecule has 0 aromatic heterocycles. The molecule has 1 aromatic carbocycles. The minimum absolute atomic E-state index is 0.881. The molecule has 0 radical (unpaired) electrons. The lowest BCUT2D eigenvalue weighted by Crippen LogP contribution is -2.13. The second-order valence-corrected chi connectivity index (χ2v) is 5.38. The van der Waals surface area contributed by atoms with Crippen LogP contribution in [0.15, 0.2) is 24.3 Å². The number of rotatable bonds is 2. The van der Waals surface area contributed by atoms with Crippen molar-refractivity contribution in [3.05, 3.63) is 29.8 Å². The lowest BCUT2D eigenvalue weighted by Gasteiger charge is -2.21. The Bertz CT molecular complexity index is 341. The third-order valence-electron chi connectivity index (χ3n) is 4.36. The number of nitrogens with two attached hydrogens (primary N) is 1. The van der Waals surface area contributed by atoms with E-state index < -0.39 is 0 Å². The van der Waals surface area contributed by atoms with Gasteiger partial charge in [-0.1, -0.05) is 18.6 Å². The Kier molecular flexibility index (Phi) is 2.19. The predicted molar refractivity (Wildman–Crippen MR) is 63.5 cm³/mol. The van der Waals surface area contributed by atoms with Crippen LogP contribution in [-0.4, -0.2) is 0 Å². The van der Waals surface area contributed by atoms with Crippen molar-refractivity contribution in [3.8, 4) is 0 Å². The first-order valence-corrected chi connectivity index (χ1v) is 6.15. The number of fused-ring (bicyclic) bond motifs is 2. The molecule has 2 N–H and O–H groups in total. The number of hydrogen-bond donors (Lipinski definition) is 1. The summed E-state index contributed by atoms with van der Waals surface area (Å²) in [7, 11) is 0. The molecule has 0 heterocycles. The van der Waals surface area contributed by atoms with Crippen molar-refractivity contribution in [1.29, 1.82) is 0 Å². The van der Waals surface area contributed by atoms with Gasteiger partial charge in [-0.25, -0.2) is 0 Å². The molecule has 3 rings (SSSR count). The zero-order valence-electron chi connectivity index (χ0n) is 9.15. The summed E-state index contributed by atoms with van der Waals surface area (Å²) in [4.78, 5) is 0. The summed E-state index contributed by atoms with van der Waals surface area (Å²) in [5, 5.41) is 0. The van der Waals surface area contributed by atoms with Crippen molar-refractivity contribution >= 4 is 5.69 Å². The zero-order valence-corrected chi connectivity index (χ0v) is 9.15. The summed E-state index contributed by atoms with van der Waals surface area (Å²) < 4.78 is 0. The maximum Gasteiger partial charge on any atom is 0.0314 e. The number of anilines is 1. The summed E-state index contributed by atoms with van der Waals surface area (Å²) in [5.41, 5.74) is 8.05. The van der Waals surface area contributed by atoms with E-state index in [1.54, 1.807) is 0 Å². The first kappa shape index (κ1) is 9.26. The lowest BCUT2D eigenvalue weighted by atomic mass is 9.84. The average Bonchev–Trinajstić information content (AvgIpc) is 2.83. The molecule has 0 saturated heterocycles. The van der Waals surface area contributed by atoms with Gasteiger partial charge in [0.2, 0.25) is 0 Å². The Balaban J connectivity index is 1.68. The van der Waals surface area contributed by atoms with E-state index in [2.05, 4.69) is 12.1 Å². The van der Waals surface area contributed by atoms with Crippen LogP contribution in [0.2, 0.25) is 0 Å². The molecule has 2 aliphatic rings. The molecule has 0 amide bonds. The fourth-order valence-corrected chi connectivity index (χ4v) is 3.58. The van der Waals surface area contributed by atoms with Gasteiger partial charge in [-0.2, -0.15) is 0 Å². The highest BCUT2D eigenvalue weighted by Crippen LogP contribution is 2.49. The van der Waals surface area contributed by atoms with Crippen molar-refractivity contribution in [2.45, 2.75) is 32.1 Å². The summed E-state index contributed by atoms with van der Waals surface area (Å²) >= 11 is 0. The van der Waals surface area contributed by atoms with Gasteiger partial charge in [-0.15, -0.1) is 0 Å². The van der Waals surface area contributed by atoms with E-state index in [1.165, 1.54) is 37.7 Å². The first-order chi connectivity index (χ1) is 7.31. The topological polar surface area (TPSA) is 26.0 Å². The Labute approximate surface area is 91.7 Å². The van der Waals surface area contributed by atoms with Gasteiger partial charge in [0.1, 0.15) is 0 Å². The van der Waals surface area contributed by atoms with E-state index in [0.29, 0.717) is 0 Å². The predicted octanol–water partition coefficient (Wildman–Crippen LogP) is 3.25. The molecule has 2 aliphatic carbocycles. The molecule has 1 nitrogen and oxygen atoms in total. The first-order valence-electron chi connectivity index (χ1n) is 6.15. The monoisotopic (exact) mass is 201 g/mol. The van der Waals surface area contributed by atoms with E-state index in [4.69, 9.17) is 5.73 Å². The van der Waals surface area contributed by atoms with Crippen LogP contribution >= 0.6 is 0 Å². The van der Waals surface area contributed by atoms with E-state index >= 15 is 0 Å². The van der Waals surface area contributed by atoms with Crippen LogP contribution in [0.3, 0.4) is 0 Å². The number of nitrogen functional groups attached to an aromatic ring is 1. The molecular formula is C14H19N. The largest absolute Gasteiger partial charge is 0.399 e. The van der Waals surface area contributed by atoms with Crippen LogP contribution < -0.4 is 5.73 Å². The normalized spacial score (nSPS) is 33.5. The van der Waals surface area contributed by atoms with Gasteiger partial charge in [-0.05, 0) is 61.1 Å². The fraction of sp³-hybridized carbons (Fsp3) is 0.571. The molecule has 1 heteroatoms. The number of hydrogen-bond acceptors (Lipinski definition) is 1. The summed E-state index contributed by atoms with van der Waals surface area (Å²) in [5.74, 6) is 3.06. The van der Waals surface area contributed by atoms with Crippen molar-refractivity contribution in [2.24, 2.45) is 17.8 Å². The molecule has 2 saturated carbocycles. The summed E-state index contributed by atoms with van der Waals surface area (Å²) in [6.45, 7) is 0. The van der Waals surface area contributed by atoms with Crippen molar-refractivity contribution in [3.63, 3.8) is 0 Å². The fourth-order valence-electron chi connectivity index (χ4n) is 3.58. The van der Waals surface area contributed by atoms with E-state index in [9.17, 15) is 0 Å². The van der Waals surface area contributed by atoms with Gasteiger partial charge in [0, 0.05) is 5.69 Å². The third kappa shape index (κ3) is 1.75.